The van der Waals surface area contributed by atoms with Gasteiger partial charge in [0.1, 0.15) is 5.75 Å². The molecule has 1 atom stereocenters. The molecule has 132 valence electrons. The van der Waals surface area contributed by atoms with E-state index in [-0.39, 0.29) is 5.41 Å². The second kappa shape index (κ2) is 6.51. The molecule has 0 saturated carbocycles. The predicted octanol–water partition coefficient (Wildman–Crippen LogP) is 5.22. The van der Waals surface area contributed by atoms with E-state index in [2.05, 4.69) is 30.9 Å². The van der Waals surface area contributed by atoms with E-state index >= 15 is 0 Å². The minimum Gasteiger partial charge on any atom is -0.497 e. The van der Waals surface area contributed by atoms with Crippen LogP contribution in [0, 0.1) is 11.6 Å². The summed E-state index contributed by atoms with van der Waals surface area (Å²) in [5.74, 6) is -0.827. The number of nitrogens with zero attached hydrogens (tertiary/aromatic N) is 1. The smallest absolute Gasteiger partial charge is 0.159 e. The fraction of sp³-hybridized carbons (Fsp3) is 0.333. The van der Waals surface area contributed by atoms with Crippen molar-refractivity contribution in [2.75, 3.05) is 18.6 Å². The van der Waals surface area contributed by atoms with Gasteiger partial charge in [0.25, 0.3) is 0 Å². The number of fused-ring (bicyclic) bond motifs is 1. The minimum atomic E-state index is -0.816. The van der Waals surface area contributed by atoms with E-state index in [0.29, 0.717) is 6.42 Å². The molecule has 0 radical (unpaired) electrons. The zero-order valence-corrected chi connectivity index (χ0v) is 15.1. The number of rotatable bonds is 4. The molecule has 0 amide bonds. The Labute approximate surface area is 147 Å². The summed E-state index contributed by atoms with van der Waals surface area (Å²) < 4.78 is 32.4. The van der Waals surface area contributed by atoms with Crippen molar-refractivity contribution in [3.05, 3.63) is 70.9 Å². The van der Waals surface area contributed by atoms with Crippen LogP contribution in [-0.4, -0.2) is 13.7 Å². The van der Waals surface area contributed by atoms with E-state index in [1.807, 2.05) is 19.1 Å². The van der Waals surface area contributed by atoms with Crippen molar-refractivity contribution in [1.29, 1.82) is 0 Å². The summed E-state index contributed by atoms with van der Waals surface area (Å²) in [6.45, 7) is 7.12. The number of halogens is 2. The number of anilines is 1. The number of ether oxygens (including phenoxy) is 1. The van der Waals surface area contributed by atoms with Crippen LogP contribution in [0.1, 0.15) is 31.9 Å². The highest BCUT2D eigenvalue weighted by atomic mass is 19.2. The summed E-state index contributed by atoms with van der Waals surface area (Å²) in [7, 11) is 1.65. The Morgan fingerprint density at radius 1 is 1.12 bits per heavy atom. The molecule has 0 N–H and O–H groups in total. The molecule has 3 rings (SSSR count). The molecule has 2 nitrogen and oxygen atoms in total. The number of hydrogen-bond donors (Lipinski definition) is 0. The summed E-state index contributed by atoms with van der Waals surface area (Å²) in [6.07, 6.45) is 2.69. The van der Waals surface area contributed by atoms with Gasteiger partial charge in [0.05, 0.1) is 7.11 Å². The van der Waals surface area contributed by atoms with E-state index in [1.165, 1.54) is 17.8 Å². The number of allylic oxidation sites excluding steroid dienone is 2. The lowest BCUT2D eigenvalue weighted by Crippen LogP contribution is -2.30. The molecule has 0 spiro atoms. The Bertz CT molecular complexity index is 831. The van der Waals surface area contributed by atoms with E-state index in [4.69, 9.17) is 4.74 Å². The topological polar surface area (TPSA) is 12.5 Å². The molecule has 0 aromatic heterocycles. The van der Waals surface area contributed by atoms with Crippen molar-refractivity contribution >= 4 is 5.69 Å². The van der Waals surface area contributed by atoms with Crippen LogP contribution in [-0.2, 0) is 11.8 Å². The molecule has 4 heteroatoms. The molecule has 25 heavy (non-hydrogen) atoms. The van der Waals surface area contributed by atoms with Crippen molar-refractivity contribution in [2.45, 2.75) is 32.6 Å². The molecule has 2 aromatic rings. The first-order valence-electron chi connectivity index (χ1n) is 8.51. The highest BCUT2D eigenvalue weighted by molar-refractivity contribution is 5.72. The fourth-order valence-corrected chi connectivity index (χ4v) is 3.94. The van der Waals surface area contributed by atoms with E-state index in [9.17, 15) is 8.78 Å². The van der Waals surface area contributed by atoms with Gasteiger partial charge in [-0.2, -0.15) is 0 Å². The average molecular weight is 343 g/mol. The maximum atomic E-state index is 13.7. The third-order valence-electron chi connectivity index (χ3n) is 5.08. The summed E-state index contributed by atoms with van der Waals surface area (Å²) in [5.41, 5.74) is 3.89. The number of benzene rings is 2. The van der Waals surface area contributed by atoms with Crippen molar-refractivity contribution in [3.63, 3.8) is 0 Å². The maximum absolute atomic E-state index is 13.7. The Morgan fingerprint density at radius 2 is 1.88 bits per heavy atom. The molecule has 0 aliphatic carbocycles. The molecule has 0 bridgehead atoms. The fourth-order valence-electron chi connectivity index (χ4n) is 3.94. The molecule has 0 fully saturated rings. The number of methoxy groups -OCH3 is 1. The van der Waals surface area contributed by atoms with Gasteiger partial charge in [-0.1, -0.05) is 12.1 Å². The van der Waals surface area contributed by atoms with Crippen LogP contribution in [0.2, 0.25) is 0 Å². The molecule has 1 aliphatic rings. The van der Waals surface area contributed by atoms with Crippen LogP contribution in [0.3, 0.4) is 0 Å². The molecule has 1 aliphatic heterocycles. The first-order chi connectivity index (χ1) is 11.9. The third-order valence-corrected chi connectivity index (χ3v) is 5.08. The van der Waals surface area contributed by atoms with Crippen molar-refractivity contribution in [2.24, 2.45) is 0 Å². The Kier molecular flexibility index (Phi) is 4.55. The minimum absolute atomic E-state index is 0.334. The summed E-state index contributed by atoms with van der Waals surface area (Å²) in [6, 6.07) is 10.2. The van der Waals surface area contributed by atoms with Crippen LogP contribution >= 0.6 is 0 Å². The van der Waals surface area contributed by atoms with Crippen LogP contribution in [0.5, 0.6) is 5.75 Å². The number of likely N-dealkylation sites (N-methyl/N-ethyl adjacent to an activating group) is 1. The number of hydrogen-bond acceptors (Lipinski definition) is 2. The van der Waals surface area contributed by atoms with Crippen LogP contribution in [0.25, 0.3) is 0 Å². The molecule has 1 heterocycles. The molecular weight excluding hydrogens is 320 g/mol. The van der Waals surface area contributed by atoms with Gasteiger partial charge in [0, 0.05) is 23.3 Å². The van der Waals surface area contributed by atoms with Crippen molar-refractivity contribution < 1.29 is 13.5 Å². The second-order valence-electron chi connectivity index (χ2n) is 6.56. The zero-order valence-electron chi connectivity index (χ0n) is 15.1. The summed E-state index contributed by atoms with van der Waals surface area (Å²) in [4.78, 5) is 2.27. The Balaban J connectivity index is 2.13. The van der Waals surface area contributed by atoms with Gasteiger partial charge in [-0.15, -0.1) is 0 Å². The van der Waals surface area contributed by atoms with Gasteiger partial charge in [-0.25, -0.2) is 8.78 Å². The third kappa shape index (κ3) is 2.80. The predicted molar refractivity (Wildman–Crippen MR) is 97.2 cm³/mol. The van der Waals surface area contributed by atoms with E-state index < -0.39 is 11.6 Å². The summed E-state index contributed by atoms with van der Waals surface area (Å²) in [5, 5.41) is 0. The van der Waals surface area contributed by atoms with E-state index in [0.717, 1.165) is 29.1 Å². The highest BCUT2D eigenvalue weighted by Gasteiger charge is 2.43. The second-order valence-corrected chi connectivity index (χ2v) is 6.56. The quantitative estimate of drug-likeness (QED) is 0.755. The van der Waals surface area contributed by atoms with Crippen LogP contribution in [0.15, 0.2) is 48.2 Å². The lowest BCUT2D eigenvalue weighted by atomic mass is 9.76. The van der Waals surface area contributed by atoms with Crippen molar-refractivity contribution in [1.82, 2.24) is 0 Å². The SMILES string of the molecule is C/C=C1\N(CC)c2ccc(OC)cc2C1(C)Cc1ccc(F)c(F)c1. The Hall–Kier alpha value is -2.36. The summed E-state index contributed by atoms with van der Waals surface area (Å²) >= 11 is 0. The van der Waals surface area contributed by atoms with Crippen molar-refractivity contribution in [3.8, 4) is 5.75 Å². The van der Waals surface area contributed by atoms with Gasteiger partial charge >= 0.3 is 0 Å². The molecular formula is C21H23F2NO. The monoisotopic (exact) mass is 343 g/mol. The first kappa shape index (κ1) is 17.5. The lowest BCUT2D eigenvalue weighted by molar-refractivity contribution is 0.413. The Morgan fingerprint density at radius 3 is 2.48 bits per heavy atom. The van der Waals surface area contributed by atoms with Gasteiger partial charge in [-0.05, 0) is 68.7 Å². The zero-order chi connectivity index (χ0) is 18.2. The lowest BCUT2D eigenvalue weighted by Gasteiger charge is -2.30. The van der Waals surface area contributed by atoms with Gasteiger partial charge in [0.2, 0.25) is 0 Å². The highest BCUT2D eigenvalue weighted by Crippen LogP contribution is 2.50. The van der Waals surface area contributed by atoms with E-state index in [1.54, 1.807) is 13.2 Å². The van der Waals surface area contributed by atoms with Gasteiger partial charge in [0.15, 0.2) is 11.6 Å². The van der Waals surface area contributed by atoms with Gasteiger partial charge < -0.3 is 9.64 Å². The standard InChI is InChI=1S/C21H23F2NO/c1-5-20-21(3,13-14-7-9-17(22)18(23)11-14)16-12-15(25-4)8-10-19(16)24(20)6-2/h5,7-12H,6,13H2,1-4H3/b20-5-. The van der Waals surface area contributed by atoms with Gasteiger partial charge in [-0.3, -0.25) is 0 Å². The largest absolute Gasteiger partial charge is 0.497 e. The first-order valence-corrected chi connectivity index (χ1v) is 8.51. The average Bonchev–Trinajstić information content (AvgIpc) is 2.85. The molecule has 2 aromatic carbocycles. The molecule has 0 saturated heterocycles. The van der Waals surface area contributed by atoms with Crippen LogP contribution < -0.4 is 9.64 Å². The molecule has 1 unspecified atom stereocenters. The maximum Gasteiger partial charge on any atom is 0.159 e. The van der Waals surface area contributed by atoms with Crippen LogP contribution in [0.4, 0.5) is 14.5 Å². The normalized spacial score (nSPS) is 20.9.